The molecular weight excluding hydrogens is 422 g/mol. The number of hydrogen-bond acceptors (Lipinski definition) is 5. The van der Waals surface area contributed by atoms with Crippen molar-refractivity contribution >= 4 is 46.2 Å². The fourth-order valence-electron chi connectivity index (χ4n) is 4.00. The summed E-state index contributed by atoms with van der Waals surface area (Å²) in [7, 11) is 0. The number of halogens is 1. The van der Waals surface area contributed by atoms with Crippen LogP contribution in [-0.4, -0.2) is 66.7 Å². The molecule has 0 unspecified atom stereocenters. The minimum atomic E-state index is -0.0459. The van der Waals surface area contributed by atoms with Gasteiger partial charge in [0, 0.05) is 51.3 Å². The minimum absolute atomic E-state index is 0.00884. The van der Waals surface area contributed by atoms with Gasteiger partial charge in [-0.2, -0.15) is 0 Å². The molecule has 2 amide bonds. The van der Waals surface area contributed by atoms with E-state index in [0.717, 1.165) is 18.7 Å². The Balaban J connectivity index is 1.21. The molecule has 1 saturated heterocycles. The summed E-state index contributed by atoms with van der Waals surface area (Å²) in [6, 6.07) is 11.4. The molecule has 0 N–H and O–H groups in total. The minimum Gasteiger partial charge on any atom is -0.340 e. The van der Waals surface area contributed by atoms with Gasteiger partial charge in [-0.1, -0.05) is 29.8 Å². The lowest BCUT2D eigenvalue weighted by Crippen LogP contribution is -2.51. The fourth-order valence-corrected chi connectivity index (χ4v) is 5.01. The molecule has 0 aliphatic carbocycles. The van der Waals surface area contributed by atoms with Gasteiger partial charge in [-0.05, 0) is 30.2 Å². The Morgan fingerprint density at radius 3 is 2.40 bits per heavy atom. The molecular formula is C22H24ClN3O3S. The highest BCUT2D eigenvalue weighted by Crippen LogP contribution is 2.27. The topological polar surface area (TPSA) is 60.9 Å². The largest absolute Gasteiger partial charge is 0.340 e. The van der Waals surface area contributed by atoms with Crippen molar-refractivity contribution in [2.45, 2.75) is 19.3 Å². The molecule has 8 heteroatoms. The van der Waals surface area contributed by atoms with E-state index in [1.807, 2.05) is 23.1 Å². The van der Waals surface area contributed by atoms with Gasteiger partial charge in [0.2, 0.25) is 11.8 Å². The summed E-state index contributed by atoms with van der Waals surface area (Å²) in [6.07, 6.45) is 1.31. The molecule has 0 bridgehead atoms. The van der Waals surface area contributed by atoms with Crippen molar-refractivity contribution in [3.63, 3.8) is 0 Å². The van der Waals surface area contributed by atoms with Crippen molar-refractivity contribution in [1.82, 2.24) is 9.80 Å². The van der Waals surface area contributed by atoms with Gasteiger partial charge in [-0.15, -0.1) is 11.3 Å². The van der Waals surface area contributed by atoms with Crippen molar-refractivity contribution in [3.05, 3.63) is 51.2 Å². The van der Waals surface area contributed by atoms with Crippen molar-refractivity contribution in [2.75, 3.05) is 44.2 Å². The first-order chi connectivity index (χ1) is 14.5. The van der Waals surface area contributed by atoms with Crippen molar-refractivity contribution < 1.29 is 14.4 Å². The Hall–Kier alpha value is -2.22. The second kappa shape index (κ2) is 9.29. The molecule has 158 valence electrons. The summed E-state index contributed by atoms with van der Waals surface area (Å²) >= 11 is 7.11. The zero-order valence-electron chi connectivity index (χ0n) is 16.7. The highest BCUT2D eigenvalue weighted by atomic mass is 35.5. The Morgan fingerprint density at radius 1 is 0.900 bits per heavy atom. The maximum absolute atomic E-state index is 12.8. The maximum atomic E-state index is 12.8. The summed E-state index contributed by atoms with van der Waals surface area (Å²) in [4.78, 5) is 43.8. The third kappa shape index (κ3) is 4.74. The highest BCUT2D eigenvalue weighted by molar-refractivity contribution is 7.18. The number of benzene rings is 1. The molecule has 3 heterocycles. The van der Waals surface area contributed by atoms with E-state index >= 15 is 0 Å². The SMILES string of the molecule is O=C(CCC(=O)N1CCN(CC(=O)N2CCc3ccccc32)CC1)c1ccc(Cl)s1. The number of thiophene rings is 1. The second-order valence-electron chi connectivity index (χ2n) is 7.61. The lowest BCUT2D eigenvalue weighted by Gasteiger charge is -2.35. The quantitative estimate of drug-likeness (QED) is 0.641. The van der Waals surface area contributed by atoms with Crippen LogP contribution >= 0.6 is 22.9 Å². The first kappa shape index (κ1) is 21.0. The maximum Gasteiger partial charge on any atom is 0.241 e. The van der Waals surface area contributed by atoms with E-state index in [0.29, 0.717) is 41.9 Å². The van der Waals surface area contributed by atoms with Gasteiger partial charge in [0.15, 0.2) is 5.78 Å². The van der Waals surface area contributed by atoms with E-state index in [2.05, 4.69) is 11.0 Å². The van der Waals surface area contributed by atoms with Gasteiger partial charge >= 0.3 is 0 Å². The van der Waals surface area contributed by atoms with Gasteiger partial charge < -0.3 is 9.80 Å². The number of para-hydroxylation sites is 1. The van der Waals surface area contributed by atoms with Crippen LogP contribution in [0.5, 0.6) is 0 Å². The number of fused-ring (bicyclic) bond motifs is 1. The molecule has 6 nitrogen and oxygen atoms in total. The molecule has 1 aromatic carbocycles. The molecule has 1 aromatic heterocycles. The average molecular weight is 446 g/mol. The average Bonchev–Trinajstić information content (AvgIpc) is 3.38. The Kier molecular flexibility index (Phi) is 6.51. The van der Waals surface area contributed by atoms with E-state index < -0.39 is 0 Å². The van der Waals surface area contributed by atoms with Crippen LogP contribution in [-0.2, 0) is 16.0 Å². The number of carbonyl (C=O) groups excluding carboxylic acids is 3. The van der Waals surface area contributed by atoms with Gasteiger partial charge in [0.25, 0.3) is 0 Å². The monoisotopic (exact) mass is 445 g/mol. The van der Waals surface area contributed by atoms with Gasteiger partial charge in [0.1, 0.15) is 0 Å². The van der Waals surface area contributed by atoms with E-state index in [9.17, 15) is 14.4 Å². The molecule has 0 saturated carbocycles. The Morgan fingerprint density at radius 2 is 1.67 bits per heavy atom. The number of Topliss-reactive ketones (excluding diaryl/α,β-unsaturated/α-hetero) is 1. The lowest BCUT2D eigenvalue weighted by molar-refractivity contribution is -0.133. The van der Waals surface area contributed by atoms with Crippen LogP contribution in [0.1, 0.15) is 28.1 Å². The van der Waals surface area contributed by atoms with E-state index in [1.54, 1.807) is 17.0 Å². The van der Waals surface area contributed by atoms with Crippen LogP contribution in [0.2, 0.25) is 4.34 Å². The number of rotatable bonds is 6. The molecule has 2 aliphatic rings. The number of carbonyl (C=O) groups is 3. The number of hydrogen-bond donors (Lipinski definition) is 0. The van der Waals surface area contributed by atoms with Gasteiger partial charge in [0.05, 0.1) is 15.8 Å². The lowest BCUT2D eigenvalue weighted by atomic mass is 10.1. The number of nitrogens with zero attached hydrogens (tertiary/aromatic N) is 3. The summed E-state index contributed by atoms with van der Waals surface area (Å²) in [6.45, 7) is 3.61. The van der Waals surface area contributed by atoms with Crippen molar-refractivity contribution in [2.24, 2.45) is 0 Å². The summed E-state index contributed by atoms with van der Waals surface area (Å²) in [5.41, 5.74) is 2.24. The summed E-state index contributed by atoms with van der Waals surface area (Å²) in [5.74, 6) is 0.0563. The van der Waals surface area contributed by atoms with Crippen LogP contribution < -0.4 is 4.90 Å². The van der Waals surface area contributed by atoms with Gasteiger partial charge in [-0.3, -0.25) is 19.3 Å². The van der Waals surface area contributed by atoms with Crippen LogP contribution in [0.4, 0.5) is 5.69 Å². The zero-order chi connectivity index (χ0) is 21.1. The number of piperazine rings is 1. The zero-order valence-corrected chi connectivity index (χ0v) is 18.3. The van der Waals surface area contributed by atoms with Crippen LogP contribution in [0, 0.1) is 0 Å². The third-order valence-corrected chi connectivity index (χ3v) is 6.96. The molecule has 1 fully saturated rings. The molecule has 2 aliphatic heterocycles. The third-order valence-electron chi connectivity index (χ3n) is 5.69. The van der Waals surface area contributed by atoms with Gasteiger partial charge in [-0.25, -0.2) is 0 Å². The summed E-state index contributed by atoms with van der Waals surface area (Å²) < 4.78 is 0.577. The van der Waals surface area contributed by atoms with Crippen molar-refractivity contribution in [1.29, 1.82) is 0 Å². The standard InChI is InChI=1S/C22H24ClN3O3S/c23-20-7-6-19(30-20)18(27)5-8-21(28)25-13-11-24(12-14-25)15-22(29)26-10-9-16-3-1-2-4-17(16)26/h1-4,6-7H,5,8-15H2. The van der Waals surface area contributed by atoms with E-state index in [-0.39, 0.29) is 30.4 Å². The first-order valence-electron chi connectivity index (χ1n) is 10.2. The second-order valence-corrected chi connectivity index (χ2v) is 9.32. The molecule has 30 heavy (non-hydrogen) atoms. The molecule has 4 rings (SSSR count). The number of ketones is 1. The van der Waals surface area contributed by atoms with E-state index in [1.165, 1.54) is 16.9 Å². The normalized spacial score (nSPS) is 16.6. The first-order valence-corrected chi connectivity index (χ1v) is 11.4. The molecule has 2 aromatic rings. The smallest absolute Gasteiger partial charge is 0.241 e. The van der Waals surface area contributed by atoms with Crippen molar-refractivity contribution in [3.8, 4) is 0 Å². The Bertz CT molecular complexity index is 953. The number of amides is 2. The summed E-state index contributed by atoms with van der Waals surface area (Å²) in [5, 5.41) is 0. The predicted octanol–water partition coefficient (Wildman–Crippen LogP) is 3.10. The Labute approximate surface area is 185 Å². The molecule has 0 spiro atoms. The van der Waals surface area contributed by atoms with Crippen LogP contribution in [0.3, 0.4) is 0 Å². The van der Waals surface area contributed by atoms with E-state index in [4.69, 9.17) is 11.6 Å². The predicted molar refractivity (Wildman–Crippen MR) is 118 cm³/mol. The van der Waals surface area contributed by atoms with Crippen LogP contribution in [0.25, 0.3) is 0 Å². The molecule has 0 radical (unpaired) electrons. The highest BCUT2D eigenvalue weighted by Gasteiger charge is 2.28. The number of anilines is 1. The molecule has 0 atom stereocenters. The van der Waals surface area contributed by atoms with Crippen LogP contribution in [0.15, 0.2) is 36.4 Å². The fraction of sp³-hybridized carbons (Fsp3) is 0.409.